The molecule has 0 saturated carbocycles. The quantitative estimate of drug-likeness (QED) is 0.852. The number of hydrogen-bond acceptors (Lipinski definition) is 6. The van der Waals surface area contributed by atoms with E-state index in [0.717, 1.165) is 11.3 Å². The standard InChI is InChI=1S/C15H15N5O/c1-3-21-12-6-4-11(5-7-12)15-10(2)20(18)14(9-17)13(8-16)19-15/h4-7,14H,3,18H2,1-2H3. The van der Waals surface area contributed by atoms with Gasteiger partial charge < -0.3 is 4.74 Å². The van der Waals surface area contributed by atoms with Gasteiger partial charge >= 0.3 is 0 Å². The van der Waals surface area contributed by atoms with Gasteiger partial charge in [0.1, 0.15) is 11.8 Å². The number of aliphatic imine (C=N–C) groups is 1. The predicted octanol–water partition coefficient (Wildman–Crippen LogP) is 1.82. The number of benzene rings is 1. The van der Waals surface area contributed by atoms with Gasteiger partial charge in [0.2, 0.25) is 0 Å². The summed E-state index contributed by atoms with van der Waals surface area (Å²) >= 11 is 0. The topological polar surface area (TPSA) is 98.4 Å². The monoisotopic (exact) mass is 281 g/mol. The molecule has 0 amide bonds. The highest BCUT2D eigenvalue weighted by atomic mass is 16.5. The highest BCUT2D eigenvalue weighted by Gasteiger charge is 2.28. The van der Waals surface area contributed by atoms with E-state index in [0.29, 0.717) is 18.0 Å². The van der Waals surface area contributed by atoms with Crippen LogP contribution < -0.4 is 10.6 Å². The van der Waals surface area contributed by atoms with E-state index >= 15 is 0 Å². The minimum atomic E-state index is -0.846. The highest BCUT2D eigenvalue weighted by Crippen LogP contribution is 2.28. The van der Waals surface area contributed by atoms with Gasteiger partial charge in [-0.1, -0.05) is 0 Å². The molecule has 0 saturated heterocycles. The van der Waals surface area contributed by atoms with E-state index in [1.165, 1.54) is 5.01 Å². The normalized spacial score (nSPS) is 17.9. The third-order valence-corrected chi connectivity index (χ3v) is 3.18. The van der Waals surface area contributed by atoms with E-state index in [9.17, 15) is 0 Å². The molecule has 0 spiro atoms. The Hall–Kier alpha value is -2.83. The summed E-state index contributed by atoms with van der Waals surface area (Å²) in [7, 11) is 0. The molecule has 6 heteroatoms. The lowest BCUT2D eigenvalue weighted by atomic mass is 10.1. The lowest BCUT2D eigenvalue weighted by Crippen LogP contribution is -2.45. The number of nitriles is 2. The van der Waals surface area contributed by atoms with E-state index in [4.69, 9.17) is 21.1 Å². The Balaban J connectivity index is 2.43. The van der Waals surface area contributed by atoms with Gasteiger partial charge in [-0.15, -0.1) is 0 Å². The Morgan fingerprint density at radius 1 is 1.33 bits per heavy atom. The molecule has 106 valence electrons. The number of allylic oxidation sites excluding steroid dienone is 1. The maximum absolute atomic E-state index is 9.12. The first-order valence-electron chi connectivity index (χ1n) is 6.48. The van der Waals surface area contributed by atoms with Crippen LogP contribution in [-0.2, 0) is 0 Å². The fourth-order valence-electron chi connectivity index (χ4n) is 2.07. The van der Waals surface area contributed by atoms with Crippen molar-refractivity contribution in [3.05, 3.63) is 35.5 Å². The maximum atomic E-state index is 9.12. The Bertz CT molecular complexity index is 676. The number of hydrazine groups is 1. The van der Waals surface area contributed by atoms with Crippen LogP contribution in [0.3, 0.4) is 0 Å². The summed E-state index contributed by atoms with van der Waals surface area (Å²) in [6, 6.07) is 10.4. The van der Waals surface area contributed by atoms with Gasteiger partial charge in [-0.05, 0) is 38.1 Å². The molecule has 6 nitrogen and oxygen atoms in total. The fraction of sp³-hybridized carbons (Fsp3) is 0.267. The lowest BCUT2D eigenvalue weighted by Gasteiger charge is -2.29. The third kappa shape index (κ3) is 2.71. The summed E-state index contributed by atoms with van der Waals surface area (Å²) in [6.45, 7) is 4.28. The Labute approximate surface area is 123 Å². The van der Waals surface area contributed by atoms with Gasteiger partial charge in [0.15, 0.2) is 11.8 Å². The van der Waals surface area contributed by atoms with Gasteiger partial charge in [-0.3, -0.25) is 5.01 Å². The number of rotatable bonds is 3. The second-order valence-corrected chi connectivity index (χ2v) is 4.44. The molecule has 1 aliphatic heterocycles. The lowest BCUT2D eigenvalue weighted by molar-refractivity contribution is 0.340. The van der Waals surface area contributed by atoms with Crippen LogP contribution in [0.25, 0.3) is 5.70 Å². The summed E-state index contributed by atoms with van der Waals surface area (Å²) < 4.78 is 5.39. The molecule has 0 aromatic heterocycles. The van der Waals surface area contributed by atoms with E-state index in [1.807, 2.05) is 43.3 Å². The smallest absolute Gasteiger partial charge is 0.183 e. The van der Waals surface area contributed by atoms with Crippen molar-refractivity contribution in [3.63, 3.8) is 0 Å². The molecule has 2 N–H and O–H groups in total. The second kappa shape index (κ2) is 6.08. The fourth-order valence-corrected chi connectivity index (χ4v) is 2.07. The van der Waals surface area contributed by atoms with Crippen molar-refractivity contribution in [1.82, 2.24) is 5.01 Å². The zero-order chi connectivity index (χ0) is 15.4. The van der Waals surface area contributed by atoms with E-state index < -0.39 is 6.04 Å². The first-order valence-corrected chi connectivity index (χ1v) is 6.48. The molecule has 1 aromatic carbocycles. The van der Waals surface area contributed by atoms with Crippen LogP contribution >= 0.6 is 0 Å². The average Bonchev–Trinajstić information content (AvgIpc) is 2.51. The number of ether oxygens (including phenoxy) is 1. The molecule has 0 fully saturated rings. The van der Waals surface area contributed by atoms with Crippen molar-refractivity contribution in [2.45, 2.75) is 19.9 Å². The van der Waals surface area contributed by atoms with Gasteiger partial charge in [-0.2, -0.15) is 10.5 Å². The van der Waals surface area contributed by atoms with Crippen molar-refractivity contribution in [1.29, 1.82) is 10.5 Å². The van der Waals surface area contributed by atoms with E-state index in [-0.39, 0.29) is 5.71 Å². The number of hydrogen-bond donors (Lipinski definition) is 1. The molecule has 2 rings (SSSR count). The average molecular weight is 281 g/mol. The molecule has 0 bridgehead atoms. The van der Waals surface area contributed by atoms with Crippen LogP contribution in [0.2, 0.25) is 0 Å². The molecule has 1 heterocycles. The van der Waals surface area contributed by atoms with Crippen LogP contribution in [0.5, 0.6) is 5.75 Å². The first kappa shape index (κ1) is 14.6. The van der Waals surface area contributed by atoms with Gasteiger partial charge in [-0.25, -0.2) is 10.8 Å². The summed E-state index contributed by atoms with van der Waals surface area (Å²) in [4.78, 5) is 4.28. The Morgan fingerprint density at radius 2 is 2.00 bits per heavy atom. The summed E-state index contributed by atoms with van der Waals surface area (Å²) in [5.41, 5.74) is 2.14. The second-order valence-electron chi connectivity index (χ2n) is 4.44. The molecule has 0 aliphatic carbocycles. The van der Waals surface area contributed by atoms with Gasteiger partial charge in [0.25, 0.3) is 0 Å². The maximum Gasteiger partial charge on any atom is 0.183 e. The van der Waals surface area contributed by atoms with Crippen LogP contribution in [0.4, 0.5) is 0 Å². The van der Waals surface area contributed by atoms with Crippen LogP contribution in [-0.4, -0.2) is 23.4 Å². The largest absolute Gasteiger partial charge is 0.494 e. The van der Waals surface area contributed by atoms with Crippen molar-refractivity contribution < 1.29 is 4.74 Å². The molecule has 0 radical (unpaired) electrons. The summed E-state index contributed by atoms with van der Waals surface area (Å²) in [5.74, 6) is 6.66. The van der Waals surface area contributed by atoms with Crippen molar-refractivity contribution in [2.75, 3.05) is 6.61 Å². The van der Waals surface area contributed by atoms with Crippen LogP contribution in [0.15, 0.2) is 35.0 Å². The Morgan fingerprint density at radius 3 is 2.52 bits per heavy atom. The molecular formula is C15H15N5O. The first-order chi connectivity index (χ1) is 10.1. The molecular weight excluding hydrogens is 266 g/mol. The van der Waals surface area contributed by atoms with E-state index in [1.54, 1.807) is 6.92 Å². The van der Waals surface area contributed by atoms with Crippen molar-refractivity contribution in [2.24, 2.45) is 10.8 Å². The zero-order valence-electron chi connectivity index (χ0n) is 11.9. The molecule has 1 aliphatic rings. The SMILES string of the molecule is CCOc1ccc(C2=C(C)N(N)C(C#N)C(C#N)=N2)cc1. The minimum Gasteiger partial charge on any atom is -0.494 e. The number of nitrogens with zero attached hydrogens (tertiary/aromatic N) is 4. The number of nitrogens with two attached hydrogens (primary N) is 1. The van der Waals surface area contributed by atoms with Crippen LogP contribution in [0.1, 0.15) is 19.4 Å². The Kier molecular flexibility index (Phi) is 4.22. The molecule has 1 aromatic rings. The van der Waals surface area contributed by atoms with Gasteiger partial charge in [0.05, 0.1) is 24.1 Å². The molecule has 1 unspecified atom stereocenters. The van der Waals surface area contributed by atoms with Crippen molar-refractivity contribution >= 4 is 11.4 Å². The van der Waals surface area contributed by atoms with Crippen molar-refractivity contribution in [3.8, 4) is 17.9 Å². The minimum absolute atomic E-state index is 0.0921. The third-order valence-electron chi connectivity index (χ3n) is 3.18. The van der Waals surface area contributed by atoms with E-state index in [2.05, 4.69) is 4.99 Å². The van der Waals surface area contributed by atoms with Crippen LogP contribution in [0, 0.1) is 22.7 Å². The van der Waals surface area contributed by atoms with Gasteiger partial charge in [0, 0.05) is 5.56 Å². The highest BCUT2D eigenvalue weighted by molar-refractivity contribution is 6.08. The summed E-state index contributed by atoms with van der Waals surface area (Å²) in [5, 5.41) is 19.5. The summed E-state index contributed by atoms with van der Waals surface area (Å²) in [6.07, 6.45) is 0. The molecule has 21 heavy (non-hydrogen) atoms. The zero-order valence-corrected chi connectivity index (χ0v) is 11.9. The molecule has 1 atom stereocenters. The predicted molar refractivity (Wildman–Crippen MR) is 78.7 cm³/mol.